The van der Waals surface area contributed by atoms with E-state index in [1.807, 2.05) is 0 Å². The average molecular weight is 391 g/mol. The molecule has 3 nitrogen and oxygen atoms in total. The van der Waals surface area contributed by atoms with Crippen LogP contribution in [0.1, 0.15) is 24.0 Å². The highest BCUT2D eigenvalue weighted by Gasteiger charge is 2.37. The largest absolute Gasteiger partial charge is 0.494 e. The van der Waals surface area contributed by atoms with Gasteiger partial charge in [-0.3, -0.25) is 4.79 Å². The van der Waals surface area contributed by atoms with Gasteiger partial charge in [0.25, 0.3) is 0 Å². The Morgan fingerprint density at radius 2 is 1.44 bits per heavy atom. The average Bonchev–Trinajstić information content (AvgIpc) is 2.58. The van der Waals surface area contributed by atoms with Crippen LogP contribution in [0.2, 0.25) is 0 Å². The summed E-state index contributed by atoms with van der Waals surface area (Å²) in [4.78, 5) is 11.8. The van der Waals surface area contributed by atoms with Crippen molar-refractivity contribution in [3.63, 3.8) is 0 Å². The molecule has 2 aromatic rings. The van der Waals surface area contributed by atoms with Crippen LogP contribution in [0.4, 0.5) is 32.0 Å². The van der Waals surface area contributed by atoms with E-state index in [0.717, 1.165) is 0 Å². The van der Waals surface area contributed by atoms with Crippen LogP contribution >= 0.6 is 0 Å². The Labute approximate surface area is 150 Å². The van der Waals surface area contributed by atoms with Gasteiger partial charge in [0.2, 0.25) is 5.91 Å². The van der Waals surface area contributed by atoms with E-state index in [9.17, 15) is 31.1 Å². The van der Waals surface area contributed by atoms with Crippen LogP contribution in [0.3, 0.4) is 0 Å². The highest BCUT2D eigenvalue weighted by molar-refractivity contribution is 5.90. The molecule has 0 bridgehead atoms. The molecule has 1 N–H and O–H groups in total. The van der Waals surface area contributed by atoms with Gasteiger partial charge in [0.1, 0.15) is 5.75 Å². The lowest BCUT2D eigenvalue weighted by molar-refractivity contribution is -0.143. The molecule has 0 saturated heterocycles. The number of halogens is 6. The highest BCUT2D eigenvalue weighted by atomic mass is 19.4. The number of benzene rings is 2. The third-order valence-corrected chi connectivity index (χ3v) is 3.43. The normalized spacial score (nSPS) is 11.9. The second kappa shape index (κ2) is 8.32. The number of rotatable bonds is 6. The fourth-order valence-electron chi connectivity index (χ4n) is 2.19. The summed E-state index contributed by atoms with van der Waals surface area (Å²) in [6.45, 7) is 0.174. The van der Waals surface area contributed by atoms with E-state index in [4.69, 9.17) is 4.74 Å². The third-order valence-electron chi connectivity index (χ3n) is 3.43. The first-order valence-electron chi connectivity index (χ1n) is 7.83. The van der Waals surface area contributed by atoms with Gasteiger partial charge in [-0.2, -0.15) is 26.3 Å². The predicted octanol–water partition coefficient (Wildman–Crippen LogP) is 5.52. The molecular weight excluding hydrogens is 376 g/mol. The van der Waals surface area contributed by atoms with Gasteiger partial charge in [0.05, 0.1) is 17.7 Å². The maximum atomic E-state index is 12.8. The standard InChI is InChI=1S/C18H15F6NO2/c19-17(20,21)12-9-13(18(22,23)24)11-14(10-12)25-16(26)7-4-8-27-15-5-2-1-3-6-15/h1-3,5-6,9-11H,4,7-8H2,(H,25,26). The maximum Gasteiger partial charge on any atom is 0.416 e. The van der Waals surface area contributed by atoms with Crippen LogP contribution in [0, 0.1) is 0 Å². The first-order chi connectivity index (χ1) is 12.6. The fraction of sp³-hybridized carbons (Fsp3) is 0.278. The molecule has 0 aliphatic heterocycles. The number of hydrogen-bond acceptors (Lipinski definition) is 2. The zero-order valence-electron chi connectivity index (χ0n) is 13.8. The number of carbonyl (C=O) groups excluding carboxylic acids is 1. The van der Waals surface area contributed by atoms with Crippen molar-refractivity contribution in [2.75, 3.05) is 11.9 Å². The Bertz CT molecular complexity index is 739. The van der Waals surface area contributed by atoms with Gasteiger partial charge in [-0.05, 0) is 36.8 Å². The number of para-hydroxylation sites is 1. The molecule has 0 aliphatic rings. The van der Waals surface area contributed by atoms with Crippen LogP contribution in [0.5, 0.6) is 5.75 Å². The van der Waals surface area contributed by atoms with Crippen LogP contribution in [-0.2, 0) is 17.1 Å². The van der Waals surface area contributed by atoms with Crippen molar-refractivity contribution in [2.24, 2.45) is 0 Å². The van der Waals surface area contributed by atoms with Crippen LogP contribution < -0.4 is 10.1 Å². The Morgan fingerprint density at radius 1 is 0.889 bits per heavy atom. The first kappa shape index (κ1) is 20.6. The fourth-order valence-corrected chi connectivity index (χ4v) is 2.19. The quantitative estimate of drug-likeness (QED) is 0.520. The van der Waals surface area contributed by atoms with E-state index in [2.05, 4.69) is 5.32 Å². The summed E-state index contributed by atoms with van der Waals surface area (Å²) in [5, 5.41) is 2.07. The lowest BCUT2D eigenvalue weighted by atomic mass is 10.1. The molecule has 0 heterocycles. The number of alkyl halides is 6. The van der Waals surface area contributed by atoms with E-state index in [1.54, 1.807) is 30.3 Å². The minimum absolute atomic E-state index is 0.00333. The molecule has 0 unspecified atom stereocenters. The summed E-state index contributed by atoms with van der Waals surface area (Å²) in [5.74, 6) is -0.121. The second-order valence-corrected chi connectivity index (χ2v) is 5.61. The van der Waals surface area contributed by atoms with E-state index in [1.165, 1.54) is 0 Å². The molecule has 0 fully saturated rings. The molecule has 1 amide bonds. The van der Waals surface area contributed by atoms with Gasteiger partial charge in [-0.15, -0.1) is 0 Å². The van der Waals surface area contributed by atoms with Gasteiger partial charge >= 0.3 is 12.4 Å². The molecular formula is C18H15F6NO2. The maximum absolute atomic E-state index is 12.8. The SMILES string of the molecule is O=C(CCCOc1ccccc1)Nc1cc(C(F)(F)F)cc(C(F)(F)F)c1. The summed E-state index contributed by atoms with van der Waals surface area (Å²) in [6.07, 6.45) is -9.81. The topological polar surface area (TPSA) is 38.3 Å². The zero-order valence-corrected chi connectivity index (χ0v) is 13.8. The summed E-state index contributed by atoms with van der Waals surface area (Å²) in [7, 11) is 0. The lowest BCUT2D eigenvalue weighted by Gasteiger charge is -2.14. The Hall–Kier alpha value is -2.71. The number of anilines is 1. The summed E-state index contributed by atoms with van der Waals surface area (Å²) < 4.78 is 82.1. The molecule has 27 heavy (non-hydrogen) atoms. The molecule has 0 spiro atoms. The van der Waals surface area contributed by atoms with Crippen molar-refractivity contribution in [1.29, 1.82) is 0 Å². The van der Waals surface area contributed by atoms with Crippen molar-refractivity contribution in [2.45, 2.75) is 25.2 Å². The minimum atomic E-state index is -4.97. The number of amides is 1. The Morgan fingerprint density at radius 3 is 1.96 bits per heavy atom. The zero-order chi connectivity index (χ0) is 20.1. The lowest BCUT2D eigenvalue weighted by Crippen LogP contribution is -2.16. The van der Waals surface area contributed by atoms with Gasteiger partial charge in [0.15, 0.2) is 0 Å². The van der Waals surface area contributed by atoms with E-state index >= 15 is 0 Å². The molecule has 0 aromatic heterocycles. The summed E-state index contributed by atoms with van der Waals surface area (Å²) in [6, 6.07) is 9.67. The molecule has 2 aromatic carbocycles. The second-order valence-electron chi connectivity index (χ2n) is 5.61. The number of carbonyl (C=O) groups is 1. The molecule has 146 valence electrons. The molecule has 0 aliphatic carbocycles. The molecule has 0 atom stereocenters. The first-order valence-corrected chi connectivity index (χ1v) is 7.83. The van der Waals surface area contributed by atoms with Crippen molar-refractivity contribution in [3.05, 3.63) is 59.7 Å². The van der Waals surface area contributed by atoms with Crippen LogP contribution in [0.25, 0.3) is 0 Å². The van der Waals surface area contributed by atoms with E-state index in [0.29, 0.717) is 17.9 Å². The monoisotopic (exact) mass is 391 g/mol. The van der Waals surface area contributed by atoms with Gasteiger partial charge in [-0.1, -0.05) is 18.2 Å². The number of ether oxygens (including phenoxy) is 1. The van der Waals surface area contributed by atoms with Gasteiger partial charge in [-0.25, -0.2) is 0 Å². The third kappa shape index (κ3) is 6.50. The smallest absolute Gasteiger partial charge is 0.416 e. The van der Waals surface area contributed by atoms with E-state index in [-0.39, 0.29) is 25.5 Å². The molecule has 2 rings (SSSR count). The van der Waals surface area contributed by atoms with Crippen LogP contribution in [-0.4, -0.2) is 12.5 Å². The molecule has 9 heteroatoms. The van der Waals surface area contributed by atoms with Crippen molar-refractivity contribution in [1.82, 2.24) is 0 Å². The van der Waals surface area contributed by atoms with Crippen LogP contribution in [0.15, 0.2) is 48.5 Å². The Balaban J connectivity index is 1.97. The van der Waals surface area contributed by atoms with E-state index < -0.39 is 35.1 Å². The van der Waals surface area contributed by atoms with Gasteiger partial charge in [0, 0.05) is 12.1 Å². The number of nitrogens with one attached hydrogen (secondary N) is 1. The Kier molecular flexibility index (Phi) is 6.35. The predicted molar refractivity (Wildman–Crippen MR) is 86.2 cm³/mol. The minimum Gasteiger partial charge on any atom is -0.494 e. The number of hydrogen-bond donors (Lipinski definition) is 1. The molecule has 0 radical (unpaired) electrons. The molecule has 0 saturated carbocycles. The van der Waals surface area contributed by atoms with Crippen molar-refractivity contribution >= 4 is 11.6 Å². The summed E-state index contributed by atoms with van der Waals surface area (Å²) in [5.41, 5.74) is -3.54. The van der Waals surface area contributed by atoms with Crippen molar-refractivity contribution in [3.8, 4) is 5.75 Å². The van der Waals surface area contributed by atoms with Gasteiger partial charge < -0.3 is 10.1 Å². The summed E-state index contributed by atoms with van der Waals surface area (Å²) >= 11 is 0. The van der Waals surface area contributed by atoms with Crippen molar-refractivity contribution < 1.29 is 35.9 Å². The highest BCUT2D eigenvalue weighted by Crippen LogP contribution is 2.37.